The molecule has 5 rings (SSSR count). The topological polar surface area (TPSA) is 103 Å². The molecule has 0 radical (unpaired) electrons. The summed E-state index contributed by atoms with van der Waals surface area (Å²) < 4.78 is 7.66. The van der Waals surface area contributed by atoms with Crippen molar-refractivity contribution in [3.05, 3.63) is 18.0 Å². The highest BCUT2D eigenvalue weighted by atomic mass is 16.5. The van der Waals surface area contributed by atoms with Crippen LogP contribution in [-0.4, -0.2) is 32.4 Å². The van der Waals surface area contributed by atoms with Crippen LogP contribution >= 0.6 is 0 Å². The molecular formula is C19H22N6O2. The van der Waals surface area contributed by atoms with Crippen molar-refractivity contribution >= 4 is 28.3 Å². The lowest BCUT2D eigenvalue weighted by molar-refractivity contribution is -0.117. The second-order valence-electron chi connectivity index (χ2n) is 7.64. The van der Waals surface area contributed by atoms with Crippen LogP contribution in [0.4, 0.5) is 11.5 Å². The lowest BCUT2D eigenvalue weighted by Gasteiger charge is -2.16. The van der Waals surface area contributed by atoms with Crippen molar-refractivity contribution in [1.29, 1.82) is 0 Å². The van der Waals surface area contributed by atoms with E-state index >= 15 is 0 Å². The SMILES string of the molecule is CC(C)n1nc(-c2noc(C3CC3)c2N2CCCC2=O)c2c(N)nccc21. The van der Waals surface area contributed by atoms with Gasteiger partial charge in [0.15, 0.2) is 11.5 Å². The molecule has 0 aromatic carbocycles. The maximum Gasteiger partial charge on any atom is 0.227 e. The van der Waals surface area contributed by atoms with E-state index in [1.165, 1.54) is 0 Å². The van der Waals surface area contributed by atoms with E-state index in [0.29, 0.717) is 36.1 Å². The minimum absolute atomic E-state index is 0.111. The number of nitrogen functional groups attached to an aromatic ring is 1. The number of fused-ring (bicyclic) bond motifs is 1. The van der Waals surface area contributed by atoms with Crippen molar-refractivity contribution in [3.8, 4) is 11.4 Å². The summed E-state index contributed by atoms with van der Waals surface area (Å²) in [5, 5.41) is 9.93. The van der Waals surface area contributed by atoms with E-state index < -0.39 is 0 Å². The highest BCUT2D eigenvalue weighted by Crippen LogP contribution is 2.49. The number of aromatic nitrogens is 4. The molecule has 4 heterocycles. The number of carbonyl (C=O) groups is 1. The average molecular weight is 366 g/mol. The monoisotopic (exact) mass is 366 g/mol. The van der Waals surface area contributed by atoms with Gasteiger partial charge < -0.3 is 15.2 Å². The van der Waals surface area contributed by atoms with Gasteiger partial charge in [0.25, 0.3) is 0 Å². The maximum atomic E-state index is 12.5. The molecule has 1 saturated heterocycles. The molecule has 1 amide bonds. The number of nitrogens with two attached hydrogens (primary N) is 1. The van der Waals surface area contributed by atoms with E-state index in [2.05, 4.69) is 24.0 Å². The van der Waals surface area contributed by atoms with Crippen LogP contribution in [0, 0.1) is 0 Å². The van der Waals surface area contributed by atoms with Crippen LogP contribution in [0.1, 0.15) is 57.3 Å². The first-order valence-electron chi connectivity index (χ1n) is 9.49. The first-order chi connectivity index (χ1) is 13.1. The van der Waals surface area contributed by atoms with Gasteiger partial charge in [-0.1, -0.05) is 5.16 Å². The van der Waals surface area contributed by atoms with Gasteiger partial charge in [-0.3, -0.25) is 9.48 Å². The van der Waals surface area contributed by atoms with Crippen molar-refractivity contribution < 1.29 is 9.32 Å². The van der Waals surface area contributed by atoms with Gasteiger partial charge in [-0.05, 0) is 39.2 Å². The number of pyridine rings is 1. The second-order valence-corrected chi connectivity index (χ2v) is 7.64. The number of nitrogens with zero attached hydrogens (tertiary/aromatic N) is 5. The lowest BCUT2D eigenvalue weighted by Crippen LogP contribution is -2.25. The van der Waals surface area contributed by atoms with Crippen LogP contribution in [0.2, 0.25) is 0 Å². The third kappa shape index (κ3) is 2.43. The van der Waals surface area contributed by atoms with Crippen LogP contribution in [-0.2, 0) is 4.79 Å². The fourth-order valence-electron chi connectivity index (χ4n) is 3.88. The Morgan fingerprint density at radius 3 is 2.78 bits per heavy atom. The van der Waals surface area contributed by atoms with Gasteiger partial charge in [0.05, 0.1) is 10.9 Å². The molecule has 3 aromatic heterocycles. The summed E-state index contributed by atoms with van der Waals surface area (Å²) in [7, 11) is 0. The molecule has 2 N–H and O–H groups in total. The Kier molecular flexibility index (Phi) is 3.50. The zero-order chi connectivity index (χ0) is 18.7. The number of amides is 1. The minimum Gasteiger partial charge on any atom is -0.383 e. The molecule has 0 unspecified atom stereocenters. The van der Waals surface area contributed by atoms with Crippen LogP contribution in [0.25, 0.3) is 22.3 Å². The molecule has 1 saturated carbocycles. The first kappa shape index (κ1) is 16.3. The summed E-state index contributed by atoms with van der Waals surface area (Å²) in [5.74, 6) is 1.66. The van der Waals surface area contributed by atoms with Crippen LogP contribution in [0.15, 0.2) is 16.8 Å². The minimum atomic E-state index is 0.111. The summed E-state index contributed by atoms with van der Waals surface area (Å²) in [5.41, 5.74) is 9.12. The van der Waals surface area contributed by atoms with E-state index in [-0.39, 0.29) is 11.9 Å². The summed E-state index contributed by atoms with van der Waals surface area (Å²) in [6.07, 6.45) is 5.21. The van der Waals surface area contributed by atoms with Gasteiger partial charge >= 0.3 is 0 Å². The zero-order valence-corrected chi connectivity index (χ0v) is 15.5. The molecule has 8 nitrogen and oxygen atoms in total. The molecule has 27 heavy (non-hydrogen) atoms. The van der Waals surface area contributed by atoms with E-state index in [1.807, 2.05) is 15.6 Å². The second kappa shape index (κ2) is 5.80. The Labute approximate surface area is 156 Å². The molecule has 1 aliphatic heterocycles. The molecule has 2 aliphatic rings. The summed E-state index contributed by atoms with van der Waals surface area (Å²) >= 11 is 0. The largest absolute Gasteiger partial charge is 0.383 e. The predicted octanol–water partition coefficient (Wildman–Crippen LogP) is 3.25. The van der Waals surface area contributed by atoms with Crippen molar-refractivity contribution in [3.63, 3.8) is 0 Å². The molecule has 0 bridgehead atoms. The van der Waals surface area contributed by atoms with Crippen molar-refractivity contribution in [1.82, 2.24) is 19.9 Å². The number of rotatable bonds is 4. The van der Waals surface area contributed by atoms with E-state index in [1.54, 1.807) is 6.20 Å². The van der Waals surface area contributed by atoms with Gasteiger partial charge in [-0.25, -0.2) is 4.98 Å². The Balaban J connectivity index is 1.78. The van der Waals surface area contributed by atoms with Crippen LogP contribution < -0.4 is 10.6 Å². The van der Waals surface area contributed by atoms with Crippen LogP contribution in [0.3, 0.4) is 0 Å². The van der Waals surface area contributed by atoms with Crippen molar-refractivity contribution in [2.75, 3.05) is 17.2 Å². The summed E-state index contributed by atoms with van der Waals surface area (Å²) in [6.45, 7) is 4.82. The molecular weight excluding hydrogens is 344 g/mol. The van der Waals surface area contributed by atoms with E-state index in [9.17, 15) is 4.79 Å². The quantitative estimate of drug-likeness (QED) is 0.760. The summed E-state index contributed by atoms with van der Waals surface area (Å²) in [4.78, 5) is 18.5. The molecule has 8 heteroatoms. The molecule has 1 aliphatic carbocycles. The Hall–Kier alpha value is -2.90. The maximum absolute atomic E-state index is 12.5. The molecule has 140 valence electrons. The molecule has 2 fully saturated rings. The lowest BCUT2D eigenvalue weighted by atomic mass is 10.1. The standard InChI is InChI=1S/C19H22N6O2/c1-10(2)25-12-7-8-21-19(20)14(12)15(22-25)16-17(24-9-3-4-13(24)26)18(27-23-16)11-5-6-11/h7-8,10-11H,3-6,9H2,1-2H3,(H2,20,21). The number of anilines is 2. The Morgan fingerprint density at radius 2 is 2.11 bits per heavy atom. The first-order valence-corrected chi connectivity index (χ1v) is 9.49. The van der Waals surface area contributed by atoms with Crippen molar-refractivity contribution in [2.24, 2.45) is 0 Å². The predicted molar refractivity (Wildman–Crippen MR) is 101 cm³/mol. The normalized spacial score (nSPS) is 17.6. The van der Waals surface area contributed by atoms with E-state index in [0.717, 1.165) is 41.6 Å². The highest BCUT2D eigenvalue weighted by molar-refractivity contribution is 6.05. The third-order valence-corrected chi connectivity index (χ3v) is 5.35. The van der Waals surface area contributed by atoms with Crippen LogP contribution in [0.5, 0.6) is 0 Å². The molecule has 3 aromatic rings. The zero-order valence-electron chi connectivity index (χ0n) is 15.5. The number of hydrogen-bond acceptors (Lipinski definition) is 6. The Morgan fingerprint density at radius 1 is 1.30 bits per heavy atom. The smallest absolute Gasteiger partial charge is 0.227 e. The highest BCUT2D eigenvalue weighted by Gasteiger charge is 2.39. The average Bonchev–Trinajstić information content (AvgIpc) is 3.07. The van der Waals surface area contributed by atoms with Gasteiger partial charge in [0, 0.05) is 31.1 Å². The fourth-order valence-corrected chi connectivity index (χ4v) is 3.88. The fraction of sp³-hybridized carbons (Fsp3) is 0.474. The van der Waals surface area contributed by atoms with Gasteiger partial charge in [-0.15, -0.1) is 0 Å². The van der Waals surface area contributed by atoms with Gasteiger partial charge in [-0.2, -0.15) is 5.10 Å². The third-order valence-electron chi connectivity index (χ3n) is 5.35. The van der Waals surface area contributed by atoms with Gasteiger partial charge in [0.1, 0.15) is 17.2 Å². The number of carbonyl (C=O) groups excluding carboxylic acids is 1. The molecule has 0 atom stereocenters. The summed E-state index contributed by atoms with van der Waals surface area (Å²) in [6, 6.07) is 2.06. The number of hydrogen-bond donors (Lipinski definition) is 1. The van der Waals surface area contributed by atoms with E-state index in [4.69, 9.17) is 15.4 Å². The van der Waals surface area contributed by atoms with Gasteiger partial charge in [0.2, 0.25) is 5.91 Å². The van der Waals surface area contributed by atoms with Crippen molar-refractivity contribution in [2.45, 2.75) is 51.5 Å². The molecule has 0 spiro atoms. The Bertz CT molecular complexity index is 1050.